The van der Waals surface area contributed by atoms with Crippen LogP contribution in [0.1, 0.15) is 38.4 Å². The van der Waals surface area contributed by atoms with Crippen molar-refractivity contribution in [3.05, 3.63) is 88.2 Å². The third-order valence-electron chi connectivity index (χ3n) is 5.31. The molecule has 0 spiro atoms. The van der Waals surface area contributed by atoms with Gasteiger partial charge in [-0.15, -0.1) is 0 Å². The van der Waals surface area contributed by atoms with Crippen molar-refractivity contribution >= 4 is 12.0 Å². The molecule has 0 saturated heterocycles. The second-order valence-corrected chi connectivity index (χ2v) is 7.32. The first kappa shape index (κ1) is 21.4. The summed E-state index contributed by atoms with van der Waals surface area (Å²) < 4.78 is 7.38. The monoisotopic (exact) mass is 404 g/mol. The van der Waals surface area contributed by atoms with Crippen LogP contribution in [0.25, 0.3) is 0 Å². The van der Waals surface area contributed by atoms with Gasteiger partial charge in [-0.2, -0.15) is 0 Å². The van der Waals surface area contributed by atoms with E-state index in [1.54, 1.807) is 13.3 Å². The number of oxime groups is 1. The predicted octanol–water partition coefficient (Wildman–Crippen LogP) is 4.90. The van der Waals surface area contributed by atoms with Gasteiger partial charge in [0.1, 0.15) is 5.75 Å². The number of rotatable bonds is 9. The lowest BCUT2D eigenvalue weighted by atomic mass is 10.1. The van der Waals surface area contributed by atoms with E-state index in [1.807, 2.05) is 63.2 Å². The first-order chi connectivity index (χ1) is 14.5. The molecular weight excluding hydrogens is 376 g/mol. The van der Waals surface area contributed by atoms with Gasteiger partial charge in [0.15, 0.2) is 6.61 Å². The molecular formula is C25H28N2O3. The molecule has 0 radical (unpaired) electrons. The van der Waals surface area contributed by atoms with Crippen molar-refractivity contribution < 1.29 is 14.4 Å². The Bertz CT molecular complexity index is 1030. The van der Waals surface area contributed by atoms with Crippen LogP contribution in [-0.2, 0) is 17.8 Å². The highest BCUT2D eigenvalue weighted by atomic mass is 16.6. The van der Waals surface area contributed by atoms with Crippen LogP contribution in [0.4, 0.5) is 0 Å². The number of hydrogen-bond acceptors (Lipinski definition) is 4. The second-order valence-electron chi connectivity index (χ2n) is 7.32. The molecule has 0 aliphatic heterocycles. The predicted molar refractivity (Wildman–Crippen MR) is 120 cm³/mol. The molecule has 30 heavy (non-hydrogen) atoms. The Morgan fingerprint density at radius 3 is 2.50 bits per heavy atom. The number of aromatic nitrogens is 1. The van der Waals surface area contributed by atoms with Crippen molar-refractivity contribution in [2.75, 3.05) is 13.7 Å². The molecule has 0 aliphatic carbocycles. The molecule has 3 rings (SSSR count). The number of aryl methyl sites for hydroxylation is 3. The van der Waals surface area contributed by atoms with E-state index in [0.717, 1.165) is 41.2 Å². The fraction of sp³-hybridized carbons (Fsp3) is 0.280. The highest BCUT2D eigenvalue weighted by Gasteiger charge is 2.16. The maximum atomic E-state index is 12.6. The molecule has 1 heterocycles. The zero-order chi connectivity index (χ0) is 21.5. The quantitative estimate of drug-likeness (QED) is 0.290. The zero-order valence-corrected chi connectivity index (χ0v) is 18.0. The highest BCUT2D eigenvalue weighted by molar-refractivity contribution is 5.98. The van der Waals surface area contributed by atoms with Crippen molar-refractivity contribution in [1.29, 1.82) is 0 Å². The average molecular weight is 405 g/mol. The Morgan fingerprint density at radius 1 is 1.07 bits per heavy atom. The maximum absolute atomic E-state index is 12.6. The van der Waals surface area contributed by atoms with Gasteiger partial charge >= 0.3 is 0 Å². The SMILES string of the molecule is COc1ccc(CCn2c(C)cc(C(=O)CO/N=C/c3ccccc3C)c2C)cc1. The smallest absolute Gasteiger partial charge is 0.204 e. The third kappa shape index (κ3) is 5.17. The first-order valence-electron chi connectivity index (χ1n) is 10.0. The molecule has 3 aromatic rings. The molecule has 0 aliphatic rings. The molecule has 0 unspecified atom stereocenters. The average Bonchev–Trinajstić information content (AvgIpc) is 3.04. The highest BCUT2D eigenvalue weighted by Crippen LogP contribution is 2.18. The minimum Gasteiger partial charge on any atom is -0.497 e. The van der Waals surface area contributed by atoms with Gasteiger partial charge in [-0.25, -0.2) is 0 Å². The van der Waals surface area contributed by atoms with Crippen molar-refractivity contribution in [3.63, 3.8) is 0 Å². The molecule has 5 nitrogen and oxygen atoms in total. The van der Waals surface area contributed by atoms with E-state index in [2.05, 4.69) is 21.9 Å². The number of carbonyl (C=O) groups excluding carboxylic acids is 1. The summed E-state index contributed by atoms with van der Waals surface area (Å²) in [7, 11) is 1.66. The van der Waals surface area contributed by atoms with Crippen LogP contribution >= 0.6 is 0 Å². The van der Waals surface area contributed by atoms with Gasteiger partial charge in [0.2, 0.25) is 5.78 Å². The summed E-state index contributed by atoms with van der Waals surface area (Å²) in [6.07, 6.45) is 2.52. The van der Waals surface area contributed by atoms with Crippen LogP contribution in [0.5, 0.6) is 5.75 Å². The van der Waals surface area contributed by atoms with Crippen molar-refractivity contribution in [3.8, 4) is 5.75 Å². The normalized spacial score (nSPS) is 11.1. The Morgan fingerprint density at radius 2 is 1.80 bits per heavy atom. The number of Topliss-reactive ketones (excluding diaryl/α,β-unsaturated/α-hetero) is 1. The van der Waals surface area contributed by atoms with Crippen LogP contribution in [-0.4, -0.2) is 30.3 Å². The number of methoxy groups -OCH3 is 1. The number of ketones is 1. The Balaban J connectivity index is 1.59. The Kier molecular flexibility index (Phi) is 7.07. The molecule has 0 fully saturated rings. The van der Waals surface area contributed by atoms with E-state index >= 15 is 0 Å². The summed E-state index contributed by atoms with van der Waals surface area (Å²) >= 11 is 0. The number of hydrogen-bond donors (Lipinski definition) is 0. The molecule has 2 aromatic carbocycles. The van der Waals surface area contributed by atoms with E-state index < -0.39 is 0 Å². The third-order valence-corrected chi connectivity index (χ3v) is 5.31. The number of nitrogens with zero attached hydrogens (tertiary/aromatic N) is 2. The van der Waals surface area contributed by atoms with Crippen LogP contribution in [0.2, 0.25) is 0 Å². The minimum atomic E-state index is -0.0782. The van der Waals surface area contributed by atoms with Gasteiger partial charge in [0, 0.05) is 23.5 Å². The first-order valence-corrected chi connectivity index (χ1v) is 10.0. The van der Waals surface area contributed by atoms with Gasteiger partial charge in [0.05, 0.1) is 13.3 Å². The van der Waals surface area contributed by atoms with Gasteiger partial charge in [-0.1, -0.05) is 41.6 Å². The van der Waals surface area contributed by atoms with Gasteiger partial charge in [-0.3, -0.25) is 4.79 Å². The number of ether oxygens (including phenoxy) is 1. The Labute approximate surface area is 177 Å². The van der Waals surface area contributed by atoms with Crippen LogP contribution in [0.3, 0.4) is 0 Å². The topological polar surface area (TPSA) is 52.8 Å². The van der Waals surface area contributed by atoms with E-state index in [4.69, 9.17) is 9.57 Å². The molecule has 1 aromatic heterocycles. The summed E-state index contributed by atoms with van der Waals surface area (Å²) in [6, 6.07) is 17.9. The van der Waals surface area contributed by atoms with Crippen molar-refractivity contribution in [2.24, 2.45) is 5.16 Å². The van der Waals surface area contributed by atoms with Crippen LogP contribution < -0.4 is 4.74 Å². The van der Waals surface area contributed by atoms with Crippen molar-refractivity contribution in [2.45, 2.75) is 33.7 Å². The minimum absolute atomic E-state index is 0.0688. The molecule has 0 saturated carbocycles. The lowest BCUT2D eigenvalue weighted by Crippen LogP contribution is -2.10. The molecule has 156 valence electrons. The molecule has 0 N–H and O–H groups in total. The van der Waals surface area contributed by atoms with Crippen LogP contribution in [0, 0.1) is 20.8 Å². The fourth-order valence-corrected chi connectivity index (χ4v) is 3.46. The second kappa shape index (κ2) is 9.92. The van der Waals surface area contributed by atoms with E-state index in [-0.39, 0.29) is 12.4 Å². The van der Waals surface area contributed by atoms with E-state index in [1.165, 1.54) is 5.56 Å². The summed E-state index contributed by atoms with van der Waals surface area (Å²) in [5, 5.41) is 3.95. The van der Waals surface area contributed by atoms with Crippen LogP contribution in [0.15, 0.2) is 59.8 Å². The Hall–Kier alpha value is -3.34. The summed E-state index contributed by atoms with van der Waals surface area (Å²) in [6.45, 7) is 6.74. The van der Waals surface area contributed by atoms with Gasteiger partial charge in [-0.05, 0) is 62.1 Å². The van der Waals surface area contributed by atoms with E-state index in [9.17, 15) is 4.79 Å². The largest absolute Gasteiger partial charge is 0.497 e. The lowest BCUT2D eigenvalue weighted by Gasteiger charge is -2.10. The maximum Gasteiger partial charge on any atom is 0.204 e. The fourth-order valence-electron chi connectivity index (χ4n) is 3.46. The standard InChI is InChI=1S/C25H28N2O3/c1-18-7-5-6-8-22(18)16-26-30-17-25(28)24-15-19(2)27(20(24)3)14-13-21-9-11-23(29-4)12-10-21/h5-12,15-16H,13-14,17H2,1-4H3/b26-16+. The molecule has 0 bridgehead atoms. The summed E-state index contributed by atoms with van der Waals surface area (Å²) in [5.74, 6) is 0.783. The number of carbonyl (C=O) groups is 1. The molecule has 5 heteroatoms. The lowest BCUT2D eigenvalue weighted by molar-refractivity contribution is 0.0778. The number of benzene rings is 2. The molecule has 0 amide bonds. The summed E-state index contributed by atoms with van der Waals surface area (Å²) in [5.41, 5.74) is 6.02. The summed E-state index contributed by atoms with van der Waals surface area (Å²) in [4.78, 5) is 17.9. The van der Waals surface area contributed by atoms with E-state index in [0.29, 0.717) is 5.56 Å². The van der Waals surface area contributed by atoms with Crippen molar-refractivity contribution in [1.82, 2.24) is 4.57 Å². The molecule has 0 atom stereocenters. The van der Waals surface area contributed by atoms with Gasteiger partial charge in [0.25, 0.3) is 0 Å². The van der Waals surface area contributed by atoms with Gasteiger partial charge < -0.3 is 14.1 Å². The zero-order valence-electron chi connectivity index (χ0n) is 18.0.